The quantitative estimate of drug-likeness (QED) is 0.413. The van der Waals surface area contributed by atoms with Crippen molar-refractivity contribution in [3.05, 3.63) is 0 Å². The number of rotatable bonds is 4. The number of hydrogen-bond acceptors (Lipinski definition) is 3. The third-order valence-electron chi connectivity index (χ3n) is 0.909. The molecule has 11 heavy (non-hydrogen) atoms. The molecule has 66 valence electrons. The Kier molecular flexibility index (Phi) is 3.68. The molecule has 0 bridgehead atoms. The molecule has 1 atom stereocenters. The minimum Gasteiger partial charge on any atom is -0.481 e. The first kappa shape index (κ1) is 10.6. The van der Waals surface area contributed by atoms with Crippen molar-refractivity contribution in [2.75, 3.05) is 6.16 Å². The summed E-state index contributed by atoms with van der Waals surface area (Å²) in [6.07, 6.45) is -1.01. The van der Waals surface area contributed by atoms with E-state index in [1.54, 1.807) is 0 Å². The van der Waals surface area contributed by atoms with Crippen LogP contribution in [0.4, 0.5) is 0 Å². The fourth-order valence-corrected chi connectivity index (χ4v) is 1.33. The molecule has 6 nitrogen and oxygen atoms in total. The van der Waals surface area contributed by atoms with Crippen molar-refractivity contribution in [2.24, 2.45) is 5.73 Å². The predicted octanol–water partition coefficient (Wildman–Crippen LogP) is -1.03. The molecule has 0 aliphatic carbocycles. The van der Waals surface area contributed by atoms with Crippen LogP contribution in [0.3, 0.4) is 0 Å². The van der Waals surface area contributed by atoms with E-state index < -0.39 is 32.2 Å². The topological polar surface area (TPSA) is 121 Å². The Hall–Kier alpha value is -0.420. The highest BCUT2D eigenvalue weighted by Gasteiger charge is 2.20. The van der Waals surface area contributed by atoms with Crippen LogP contribution in [-0.2, 0) is 9.36 Å². The summed E-state index contributed by atoms with van der Waals surface area (Å²) in [4.78, 5) is 26.6. The van der Waals surface area contributed by atoms with Crippen molar-refractivity contribution in [2.45, 2.75) is 12.5 Å². The first-order valence-corrected chi connectivity index (χ1v) is 4.63. The first-order valence-electron chi connectivity index (χ1n) is 2.83. The van der Waals surface area contributed by atoms with E-state index in [2.05, 4.69) is 0 Å². The van der Waals surface area contributed by atoms with E-state index in [0.29, 0.717) is 0 Å². The number of carbonyl (C=O) groups is 1. The van der Waals surface area contributed by atoms with Gasteiger partial charge in [0.15, 0.2) is 0 Å². The molecule has 5 N–H and O–H groups in total. The highest BCUT2D eigenvalue weighted by atomic mass is 31.2. The van der Waals surface area contributed by atoms with Crippen molar-refractivity contribution in [3.63, 3.8) is 0 Å². The van der Waals surface area contributed by atoms with Crippen LogP contribution in [0.1, 0.15) is 6.42 Å². The summed E-state index contributed by atoms with van der Waals surface area (Å²) in [5, 5.41) is 8.15. The average Bonchev–Trinajstić information content (AvgIpc) is 1.53. The van der Waals surface area contributed by atoms with Gasteiger partial charge in [-0.2, -0.15) is 0 Å². The Bertz CT molecular complexity index is 187. The molecule has 0 aromatic heterocycles. The Labute approximate surface area is 63.2 Å². The Morgan fingerprint density at radius 3 is 2.27 bits per heavy atom. The molecule has 0 amide bonds. The van der Waals surface area contributed by atoms with E-state index in [4.69, 9.17) is 20.6 Å². The fraction of sp³-hybridized carbons (Fsp3) is 0.750. The summed E-state index contributed by atoms with van der Waals surface area (Å²) in [5.41, 5.74) is 5.09. The number of nitrogens with two attached hydrogens (primary N) is 1. The lowest BCUT2D eigenvalue weighted by Gasteiger charge is -2.08. The lowest BCUT2D eigenvalue weighted by atomic mass is 10.2. The second-order valence-corrected chi connectivity index (χ2v) is 3.90. The zero-order valence-corrected chi connectivity index (χ0v) is 6.57. The zero-order valence-electron chi connectivity index (χ0n) is 5.67. The molecule has 0 aliphatic heterocycles. The molecule has 0 radical (unpaired) electrons. The van der Waals surface area contributed by atoms with Gasteiger partial charge in [0.2, 0.25) is 0 Å². The maximum absolute atomic E-state index is 10.2. The van der Waals surface area contributed by atoms with Gasteiger partial charge in [0.05, 0.1) is 12.6 Å². The minimum atomic E-state index is -4.17. The van der Waals surface area contributed by atoms with Gasteiger partial charge in [0.1, 0.15) is 0 Å². The van der Waals surface area contributed by atoms with Gasteiger partial charge in [-0.15, -0.1) is 0 Å². The molecule has 0 heterocycles. The molecule has 0 fully saturated rings. The molecule has 0 saturated carbocycles. The summed E-state index contributed by atoms with van der Waals surface area (Å²) in [5.74, 6) is -1.16. The molecule has 0 aromatic carbocycles. The van der Waals surface area contributed by atoms with Crippen LogP contribution in [0.2, 0.25) is 0 Å². The summed E-state index contributed by atoms with van der Waals surface area (Å²) in [7, 11) is -4.17. The second kappa shape index (κ2) is 3.82. The maximum atomic E-state index is 10.2. The predicted molar refractivity (Wildman–Crippen MR) is 37.1 cm³/mol. The number of carboxylic acid groups (broad SMARTS) is 1. The highest BCUT2D eigenvalue weighted by Crippen LogP contribution is 2.34. The van der Waals surface area contributed by atoms with E-state index in [-0.39, 0.29) is 0 Å². The molecule has 1 unspecified atom stereocenters. The minimum absolute atomic E-state index is 0.425. The van der Waals surface area contributed by atoms with Crippen molar-refractivity contribution < 1.29 is 24.3 Å². The van der Waals surface area contributed by atoms with E-state index in [0.717, 1.165) is 0 Å². The van der Waals surface area contributed by atoms with Crippen LogP contribution < -0.4 is 5.73 Å². The lowest BCUT2D eigenvalue weighted by molar-refractivity contribution is -0.137. The molecular formula is C4H10NO5P. The van der Waals surface area contributed by atoms with Crippen LogP contribution in [-0.4, -0.2) is 33.1 Å². The van der Waals surface area contributed by atoms with Crippen LogP contribution in [0.15, 0.2) is 0 Å². The summed E-state index contributed by atoms with van der Waals surface area (Å²) in [6.45, 7) is 0. The Morgan fingerprint density at radius 1 is 1.55 bits per heavy atom. The summed E-state index contributed by atoms with van der Waals surface area (Å²) < 4.78 is 10.2. The summed E-state index contributed by atoms with van der Waals surface area (Å²) in [6, 6.07) is -0.978. The second-order valence-electron chi connectivity index (χ2n) is 2.21. The van der Waals surface area contributed by atoms with Gasteiger partial charge >= 0.3 is 13.6 Å². The maximum Gasteiger partial charge on any atom is 0.327 e. The monoisotopic (exact) mass is 183 g/mol. The van der Waals surface area contributed by atoms with Gasteiger partial charge in [-0.05, 0) is 0 Å². The van der Waals surface area contributed by atoms with Crippen LogP contribution in [0.5, 0.6) is 0 Å². The highest BCUT2D eigenvalue weighted by molar-refractivity contribution is 7.51. The van der Waals surface area contributed by atoms with E-state index in [1.807, 2.05) is 0 Å². The van der Waals surface area contributed by atoms with Crippen LogP contribution >= 0.6 is 7.60 Å². The molecular weight excluding hydrogens is 173 g/mol. The Morgan fingerprint density at radius 2 is 2.00 bits per heavy atom. The van der Waals surface area contributed by atoms with Gasteiger partial charge in [-0.1, -0.05) is 0 Å². The van der Waals surface area contributed by atoms with Gasteiger partial charge in [0.25, 0.3) is 0 Å². The zero-order chi connectivity index (χ0) is 9.07. The van der Waals surface area contributed by atoms with E-state index in [9.17, 15) is 9.36 Å². The Balaban J connectivity index is 3.79. The van der Waals surface area contributed by atoms with Crippen LogP contribution in [0.25, 0.3) is 0 Å². The van der Waals surface area contributed by atoms with Gasteiger partial charge in [-0.25, -0.2) is 0 Å². The third kappa shape index (κ3) is 7.48. The fourth-order valence-electron chi connectivity index (χ4n) is 0.594. The smallest absolute Gasteiger partial charge is 0.327 e. The van der Waals surface area contributed by atoms with E-state index in [1.165, 1.54) is 0 Å². The SMILES string of the molecule is NC(CC(=O)O)CP(=O)(O)O. The lowest BCUT2D eigenvalue weighted by Crippen LogP contribution is -2.27. The van der Waals surface area contributed by atoms with Gasteiger partial charge < -0.3 is 20.6 Å². The van der Waals surface area contributed by atoms with Crippen molar-refractivity contribution >= 4 is 13.6 Å². The van der Waals surface area contributed by atoms with Crippen LogP contribution in [0, 0.1) is 0 Å². The number of aliphatic carboxylic acids is 1. The molecule has 0 rings (SSSR count). The van der Waals surface area contributed by atoms with Gasteiger partial charge in [-0.3, -0.25) is 9.36 Å². The molecule has 0 saturated heterocycles. The number of hydrogen-bond donors (Lipinski definition) is 4. The van der Waals surface area contributed by atoms with Crippen molar-refractivity contribution in [1.29, 1.82) is 0 Å². The molecule has 7 heteroatoms. The normalized spacial score (nSPS) is 14.5. The van der Waals surface area contributed by atoms with E-state index >= 15 is 0 Å². The molecule has 0 aromatic rings. The van der Waals surface area contributed by atoms with Crippen molar-refractivity contribution in [1.82, 2.24) is 0 Å². The van der Waals surface area contributed by atoms with Gasteiger partial charge in [0, 0.05) is 6.04 Å². The molecule has 0 spiro atoms. The average molecular weight is 183 g/mol. The largest absolute Gasteiger partial charge is 0.481 e. The number of carboxylic acids is 1. The van der Waals surface area contributed by atoms with Crippen molar-refractivity contribution in [3.8, 4) is 0 Å². The molecule has 0 aliphatic rings. The summed E-state index contributed by atoms with van der Waals surface area (Å²) >= 11 is 0. The standard InChI is InChI=1S/C4H10NO5P/c5-3(1-4(6)7)2-11(8,9)10/h3H,1-2,5H2,(H,6,7)(H2,8,9,10). The first-order chi connectivity index (χ1) is 4.81. The third-order valence-corrected chi connectivity index (χ3v) is 1.85.